The van der Waals surface area contributed by atoms with Gasteiger partial charge in [-0.15, -0.1) is 0 Å². The van der Waals surface area contributed by atoms with E-state index in [1.165, 1.54) is 30.0 Å². The Morgan fingerprint density at radius 2 is 1.75 bits per heavy atom. The fraction of sp³-hybridized carbons (Fsp3) is 0.231. The predicted molar refractivity (Wildman–Crippen MR) is 138 cm³/mol. The number of nitrogens with zero attached hydrogens (tertiary/aromatic N) is 1. The first kappa shape index (κ1) is 26.0. The van der Waals surface area contributed by atoms with Crippen LogP contribution < -0.4 is 10.6 Å². The lowest BCUT2D eigenvalue weighted by atomic mass is 9.91. The number of hydrogen-bond donors (Lipinski definition) is 3. The van der Waals surface area contributed by atoms with Gasteiger partial charge in [0.05, 0.1) is 13.1 Å². The number of hydrogen-bond acceptors (Lipinski definition) is 4. The smallest absolute Gasteiger partial charge is 0.254 e. The monoisotopic (exact) mass is 609 g/mol. The molecule has 10 heteroatoms. The maximum absolute atomic E-state index is 14.7. The molecule has 0 bridgehead atoms. The zero-order valence-corrected chi connectivity index (χ0v) is 21.4. The molecule has 4 rings (SSSR count). The summed E-state index contributed by atoms with van der Waals surface area (Å²) in [6.07, 6.45) is -0.294. The number of aliphatic hydroxyl groups is 1. The number of rotatable bonds is 7. The van der Waals surface area contributed by atoms with Gasteiger partial charge in [0.2, 0.25) is 5.91 Å². The Hall–Kier alpha value is -3.12. The van der Waals surface area contributed by atoms with Crippen molar-refractivity contribution < 1.29 is 27.9 Å². The van der Waals surface area contributed by atoms with Crippen LogP contribution in [0.1, 0.15) is 28.4 Å². The largest absolute Gasteiger partial charge is 0.384 e. The second-order valence-electron chi connectivity index (χ2n) is 8.80. The number of benzene rings is 3. The van der Waals surface area contributed by atoms with E-state index in [0.29, 0.717) is 14.9 Å². The predicted octanol–water partition coefficient (Wildman–Crippen LogP) is 4.56. The molecule has 1 aliphatic heterocycles. The van der Waals surface area contributed by atoms with Crippen LogP contribution in [0.15, 0.2) is 54.6 Å². The summed E-state index contributed by atoms with van der Waals surface area (Å²) in [7, 11) is 0. The maximum atomic E-state index is 14.7. The summed E-state index contributed by atoms with van der Waals surface area (Å²) in [5, 5.41) is 16.6. The first-order valence-electron chi connectivity index (χ1n) is 11.1. The molecule has 1 saturated heterocycles. The van der Waals surface area contributed by atoms with Crippen LogP contribution in [-0.4, -0.2) is 47.1 Å². The van der Waals surface area contributed by atoms with Crippen LogP contribution >= 0.6 is 22.6 Å². The van der Waals surface area contributed by atoms with Crippen molar-refractivity contribution in [2.24, 2.45) is 0 Å². The highest BCUT2D eigenvalue weighted by atomic mass is 127. The Labute approximate surface area is 219 Å². The summed E-state index contributed by atoms with van der Waals surface area (Å²) in [5.74, 6) is -3.68. The summed E-state index contributed by atoms with van der Waals surface area (Å²) < 4.78 is 43.8. The van der Waals surface area contributed by atoms with Gasteiger partial charge in [-0.25, -0.2) is 13.2 Å². The molecular weight excluding hydrogens is 586 g/mol. The van der Waals surface area contributed by atoms with E-state index >= 15 is 0 Å². The van der Waals surface area contributed by atoms with Gasteiger partial charge >= 0.3 is 0 Å². The van der Waals surface area contributed by atoms with Gasteiger partial charge in [0, 0.05) is 46.0 Å². The van der Waals surface area contributed by atoms with Gasteiger partial charge in [-0.2, -0.15) is 0 Å². The van der Waals surface area contributed by atoms with Gasteiger partial charge in [0.15, 0.2) is 11.6 Å². The summed E-state index contributed by atoms with van der Waals surface area (Å²) in [4.78, 5) is 25.7. The van der Waals surface area contributed by atoms with Gasteiger partial charge in [0.1, 0.15) is 11.4 Å². The summed E-state index contributed by atoms with van der Waals surface area (Å²) in [6, 6.07) is 13.4. The lowest BCUT2D eigenvalue weighted by Crippen LogP contribution is -2.66. The molecule has 188 valence electrons. The normalized spacial score (nSPS) is 14.2. The number of carbonyl (C=O) groups excluding carboxylic acids is 2. The van der Waals surface area contributed by atoms with Gasteiger partial charge in [-0.1, -0.05) is 12.1 Å². The molecule has 3 aromatic carbocycles. The number of amides is 2. The first-order chi connectivity index (χ1) is 17.0. The lowest BCUT2D eigenvalue weighted by molar-refractivity contribution is -0.114. The first-order valence-corrected chi connectivity index (χ1v) is 12.2. The molecule has 3 aromatic rings. The average molecular weight is 609 g/mol. The molecule has 0 aromatic heterocycles. The molecule has 1 fully saturated rings. The van der Waals surface area contributed by atoms with Crippen LogP contribution in [0, 0.1) is 21.0 Å². The highest BCUT2D eigenvalue weighted by Gasteiger charge is 2.44. The molecule has 6 nitrogen and oxygen atoms in total. The zero-order valence-electron chi connectivity index (χ0n) is 19.2. The van der Waals surface area contributed by atoms with E-state index in [9.17, 15) is 27.9 Å². The van der Waals surface area contributed by atoms with Crippen LogP contribution in [0.4, 0.5) is 24.5 Å². The number of β-amino-alcohol motifs (C(OH)–C–C–N with tert-alkyl or cyclic N) is 1. The highest BCUT2D eigenvalue weighted by Crippen LogP contribution is 2.28. The van der Waals surface area contributed by atoms with E-state index in [-0.39, 0.29) is 48.7 Å². The summed E-state index contributed by atoms with van der Waals surface area (Å²) in [6.45, 7) is 1.47. The summed E-state index contributed by atoms with van der Waals surface area (Å²) >= 11 is 1.94. The Balaban J connectivity index is 1.45. The molecule has 0 aliphatic carbocycles. The molecule has 2 amide bonds. The number of anilines is 2. The molecule has 0 atom stereocenters. The molecule has 0 unspecified atom stereocenters. The molecule has 1 aliphatic rings. The third-order valence-corrected chi connectivity index (χ3v) is 6.54. The van der Waals surface area contributed by atoms with E-state index in [0.717, 1.165) is 6.07 Å². The standard InChI is InChI=1S/C26H23F3IN3O3/c1-15(34)32-19-4-2-3-18(11-19)31-12-26(36)13-33(14-26)25(35)20-7-8-22(27)24(29)21(20)9-16-5-6-17(30)10-23(16)28/h2-8,10-11,31,36H,9,12-14H2,1H3,(H,32,34). The minimum absolute atomic E-state index is 0.0272. The van der Waals surface area contributed by atoms with Crippen LogP contribution in [0.3, 0.4) is 0 Å². The topological polar surface area (TPSA) is 81.7 Å². The average Bonchev–Trinajstić information content (AvgIpc) is 2.80. The second kappa shape index (κ2) is 10.5. The van der Waals surface area contributed by atoms with Crippen molar-refractivity contribution >= 4 is 45.8 Å². The fourth-order valence-electron chi connectivity index (χ4n) is 4.09. The Kier molecular flexibility index (Phi) is 7.55. The Bertz CT molecular complexity index is 1330. The number of carbonyl (C=O) groups is 2. The quantitative estimate of drug-likeness (QED) is 0.344. The third kappa shape index (κ3) is 5.81. The van der Waals surface area contributed by atoms with Crippen molar-refractivity contribution in [3.05, 3.63) is 92.3 Å². The van der Waals surface area contributed by atoms with E-state index in [2.05, 4.69) is 10.6 Å². The zero-order chi connectivity index (χ0) is 26.0. The molecule has 0 spiro atoms. The SMILES string of the molecule is CC(=O)Nc1cccc(NCC2(O)CN(C(=O)c3ccc(F)c(F)c3Cc3ccc(I)cc3F)C2)c1. The lowest BCUT2D eigenvalue weighted by Gasteiger charge is -2.46. The van der Waals surface area contributed by atoms with E-state index in [1.807, 2.05) is 22.6 Å². The summed E-state index contributed by atoms with van der Waals surface area (Å²) in [5.41, 5.74) is -0.143. The van der Waals surface area contributed by atoms with Crippen molar-refractivity contribution in [3.63, 3.8) is 0 Å². The Morgan fingerprint density at radius 3 is 2.44 bits per heavy atom. The number of halogens is 4. The van der Waals surface area contributed by atoms with Crippen molar-refractivity contribution in [2.45, 2.75) is 18.9 Å². The van der Waals surface area contributed by atoms with E-state index in [4.69, 9.17) is 0 Å². The molecule has 0 saturated carbocycles. The molecule has 3 N–H and O–H groups in total. The molecule has 36 heavy (non-hydrogen) atoms. The van der Waals surface area contributed by atoms with Crippen molar-refractivity contribution in [1.82, 2.24) is 4.90 Å². The van der Waals surface area contributed by atoms with Crippen LogP contribution in [0.5, 0.6) is 0 Å². The van der Waals surface area contributed by atoms with Crippen molar-refractivity contribution in [3.8, 4) is 0 Å². The van der Waals surface area contributed by atoms with Gasteiger partial charge in [0.25, 0.3) is 5.91 Å². The van der Waals surface area contributed by atoms with Crippen LogP contribution in [-0.2, 0) is 11.2 Å². The fourth-order valence-corrected chi connectivity index (χ4v) is 4.54. The highest BCUT2D eigenvalue weighted by molar-refractivity contribution is 14.1. The van der Waals surface area contributed by atoms with E-state index < -0.39 is 29.0 Å². The Morgan fingerprint density at radius 1 is 1.03 bits per heavy atom. The second-order valence-corrected chi connectivity index (χ2v) is 10.0. The minimum Gasteiger partial charge on any atom is -0.384 e. The van der Waals surface area contributed by atoms with Gasteiger partial charge in [-0.05, 0) is 70.6 Å². The molecule has 0 radical (unpaired) electrons. The van der Waals surface area contributed by atoms with Gasteiger partial charge < -0.3 is 20.6 Å². The molecule has 1 heterocycles. The molecular formula is C26H23F3IN3O3. The van der Waals surface area contributed by atoms with Crippen molar-refractivity contribution in [2.75, 3.05) is 30.3 Å². The maximum Gasteiger partial charge on any atom is 0.254 e. The third-order valence-electron chi connectivity index (χ3n) is 5.87. The van der Waals surface area contributed by atoms with E-state index in [1.54, 1.807) is 30.3 Å². The minimum atomic E-state index is -1.24. The van der Waals surface area contributed by atoms with Crippen LogP contribution in [0.25, 0.3) is 0 Å². The number of nitrogens with one attached hydrogen (secondary N) is 2. The van der Waals surface area contributed by atoms with Gasteiger partial charge in [-0.3, -0.25) is 9.59 Å². The number of likely N-dealkylation sites (tertiary alicyclic amines) is 1. The van der Waals surface area contributed by atoms with Crippen LogP contribution in [0.2, 0.25) is 0 Å². The van der Waals surface area contributed by atoms with Crippen molar-refractivity contribution in [1.29, 1.82) is 0 Å².